The fraction of sp³-hybridized carbons (Fsp3) is 0.909. The van der Waals surface area contributed by atoms with Gasteiger partial charge in [0.1, 0.15) is 13.5 Å². The fourth-order valence-electron chi connectivity index (χ4n) is 2.18. The third-order valence-electron chi connectivity index (χ3n) is 3.70. The molecule has 0 radical (unpaired) electrons. The Morgan fingerprint density at radius 2 is 1.15 bits per heavy atom. The molecule has 0 bridgehead atoms. The van der Waals surface area contributed by atoms with Gasteiger partial charge in [0.15, 0.2) is 0 Å². The topological polar surface area (TPSA) is 17.1 Å². The molecular weight excluding hydrogens is 176 g/mol. The SMILES string of the molecule is CC(=O)[Si](C)(C(C)(C)C)C(C)(C)C. The van der Waals surface area contributed by atoms with Crippen molar-refractivity contribution in [2.75, 3.05) is 0 Å². The second-order valence-corrected chi connectivity index (χ2v) is 12.1. The zero-order valence-corrected chi connectivity index (χ0v) is 11.4. The Bertz CT molecular complexity index is 191. The lowest BCUT2D eigenvalue weighted by atomic mass is 10.2. The zero-order chi connectivity index (χ0) is 11.1. The first kappa shape index (κ1) is 12.9. The summed E-state index contributed by atoms with van der Waals surface area (Å²) >= 11 is 0. The largest absolute Gasteiger partial charge is 0.306 e. The van der Waals surface area contributed by atoms with Gasteiger partial charge in [-0.2, -0.15) is 0 Å². The normalized spacial score (nSPS) is 14.5. The molecule has 13 heavy (non-hydrogen) atoms. The predicted octanol–water partition coefficient (Wildman–Crippen LogP) is 3.79. The molecule has 78 valence electrons. The van der Waals surface area contributed by atoms with Gasteiger partial charge in [0, 0.05) is 0 Å². The van der Waals surface area contributed by atoms with Crippen molar-refractivity contribution in [2.45, 2.75) is 65.1 Å². The molecule has 2 heteroatoms. The molecule has 0 aromatic rings. The van der Waals surface area contributed by atoms with E-state index in [2.05, 4.69) is 48.1 Å². The minimum Gasteiger partial charge on any atom is -0.306 e. The van der Waals surface area contributed by atoms with Crippen LogP contribution in [0.1, 0.15) is 48.5 Å². The highest BCUT2D eigenvalue weighted by molar-refractivity contribution is 7.08. The van der Waals surface area contributed by atoms with Crippen LogP contribution in [0, 0.1) is 0 Å². The summed E-state index contributed by atoms with van der Waals surface area (Å²) in [7, 11) is -1.87. The van der Waals surface area contributed by atoms with Gasteiger partial charge >= 0.3 is 0 Å². The quantitative estimate of drug-likeness (QED) is 0.589. The number of carbonyl (C=O) groups is 1. The first-order chi connectivity index (χ1) is 5.44. The molecule has 0 saturated heterocycles. The predicted molar refractivity (Wildman–Crippen MR) is 61.7 cm³/mol. The minimum atomic E-state index is -1.87. The summed E-state index contributed by atoms with van der Waals surface area (Å²) in [5.41, 5.74) is 0. The molecule has 0 amide bonds. The molecule has 0 aliphatic heterocycles. The Balaban J connectivity index is 5.35. The summed E-state index contributed by atoms with van der Waals surface area (Å²) in [4.78, 5) is 11.8. The molecule has 0 atom stereocenters. The van der Waals surface area contributed by atoms with Crippen molar-refractivity contribution >= 4 is 13.5 Å². The maximum Gasteiger partial charge on any atom is 0.140 e. The Hall–Kier alpha value is -0.113. The van der Waals surface area contributed by atoms with Gasteiger partial charge in [-0.25, -0.2) is 0 Å². The average Bonchev–Trinajstić information content (AvgIpc) is 1.80. The van der Waals surface area contributed by atoms with Crippen LogP contribution in [-0.2, 0) is 4.79 Å². The molecule has 0 spiro atoms. The summed E-state index contributed by atoms with van der Waals surface area (Å²) in [6.45, 7) is 17.2. The van der Waals surface area contributed by atoms with Gasteiger partial charge in [0.2, 0.25) is 0 Å². The number of carbonyl (C=O) groups excluding carboxylic acids is 1. The average molecular weight is 200 g/mol. The van der Waals surface area contributed by atoms with Gasteiger partial charge in [-0.1, -0.05) is 48.1 Å². The zero-order valence-electron chi connectivity index (χ0n) is 10.4. The summed E-state index contributed by atoms with van der Waals surface area (Å²) in [5, 5.41) is 0.723. The number of hydrogen-bond acceptors (Lipinski definition) is 1. The summed E-state index contributed by atoms with van der Waals surface area (Å²) < 4.78 is 0. The van der Waals surface area contributed by atoms with Crippen molar-refractivity contribution in [2.24, 2.45) is 0 Å². The van der Waals surface area contributed by atoms with E-state index in [1.165, 1.54) is 0 Å². The molecule has 0 aromatic carbocycles. The van der Waals surface area contributed by atoms with E-state index in [4.69, 9.17) is 0 Å². The van der Waals surface area contributed by atoms with E-state index in [1.807, 2.05) is 0 Å². The molecule has 0 aromatic heterocycles. The van der Waals surface area contributed by atoms with Crippen LogP contribution in [0.3, 0.4) is 0 Å². The Morgan fingerprint density at radius 3 is 1.15 bits per heavy atom. The summed E-state index contributed by atoms with van der Waals surface area (Å²) in [6, 6.07) is 0. The van der Waals surface area contributed by atoms with Crippen LogP contribution in [0.2, 0.25) is 16.6 Å². The van der Waals surface area contributed by atoms with Gasteiger partial charge in [0.05, 0.1) is 0 Å². The van der Waals surface area contributed by atoms with E-state index in [9.17, 15) is 4.79 Å². The molecule has 0 aliphatic carbocycles. The van der Waals surface area contributed by atoms with Gasteiger partial charge < -0.3 is 4.79 Å². The van der Waals surface area contributed by atoms with Crippen molar-refractivity contribution in [3.05, 3.63) is 0 Å². The van der Waals surface area contributed by atoms with Crippen LogP contribution in [0.4, 0.5) is 0 Å². The monoisotopic (exact) mass is 200 g/mol. The van der Waals surface area contributed by atoms with E-state index in [-0.39, 0.29) is 10.1 Å². The lowest BCUT2D eigenvalue weighted by Gasteiger charge is -2.47. The van der Waals surface area contributed by atoms with E-state index >= 15 is 0 Å². The lowest BCUT2D eigenvalue weighted by molar-refractivity contribution is -0.111. The molecule has 0 rings (SSSR count). The first-order valence-corrected chi connectivity index (χ1v) is 7.45. The fourth-order valence-corrected chi connectivity index (χ4v) is 6.54. The smallest absolute Gasteiger partial charge is 0.140 e. The maximum absolute atomic E-state index is 11.8. The summed E-state index contributed by atoms with van der Waals surface area (Å²) in [5.74, 6) is 0. The molecule has 0 N–H and O–H groups in total. The van der Waals surface area contributed by atoms with Gasteiger partial charge in [-0.3, -0.25) is 0 Å². The Morgan fingerprint density at radius 1 is 0.923 bits per heavy atom. The second-order valence-electron chi connectivity index (χ2n) is 6.18. The first-order valence-electron chi connectivity index (χ1n) is 4.95. The van der Waals surface area contributed by atoms with Crippen molar-refractivity contribution < 1.29 is 4.79 Å². The highest BCUT2D eigenvalue weighted by Gasteiger charge is 2.52. The third kappa shape index (κ3) is 2.04. The van der Waals surface area contributed by atoms with Crippen molar-refractivity contribution in [3.8, 4) is 0 Å². The standard InChI is InChI=1S/C11H24OSi/c1-9(12)13(8,10(2,3)4)11(5,6)7/h1-8H3. The highest BCUT2D eigenvalue weighted by Crippen LogP contribution is 2.51. The van der Waals surface area contributed by atoms with Crippen LogP contribution < -0.4 is 0 Å². The Labute approximate surface area is 83.9 Å². The maximum atomic E-state index is 11.8. The van der Waals surface area contributed by atoms with Gasteiger partial charge in [-0.15, -0.1) is 0 Å². The molecule has 0 saturated carbocycles. The Kier molecular flexibility index (Phi) is 3.20. The molecule has 0 aliphatic rings. The molecular formula is C11H24OSi. The van der Waals surface area contributed by atoms with Crippen LogP contribution >= 0.6 is 0 Å². The van der Waals surface area contributed by atoms with Crippen LogP contribution in [0.25, 0.3) is 0 Å². The number of hydrogen-bond donors (Lipinski definition) is 0. The van der Waals surface area contributed by atoms with Crippen LogP contribution in [-0.4, -0.2) is 13.5 Å². The summed E-state index contributed by atoms with van der Waals surface area (Å²) in [6.07, 6.45) is 0. The highest BCUT2D eigenvalue weighted by atomic mass is 28.3. The van der Waals surface area contributed by atoms with Crippen LogP contribution in [0.5, 0.6) is 0 Å². The van der Waals surface area contributed by atoms with E-state index < -0.39 is 8.07 Å². The van der Waals surface area contributed by atoms with E-state index in [0.29, 0.717) is 5.41 Å². The van der Waals surface area contributed by atoms with Crippen LogP contribution in [0.15, 0.2) is 0 Å². The number of rotatable bonds is 1. The van der Waals surface area contributed by atoms with Crippen molar-refractivity contribution in [1.29, 1.82) is 0 Å². The van der Waals surface area contributed by atoms with Crippen molar-refractivity contribution in [3.63, 3.8) is 0 Å². The van der Waals surface area contributed by atoms with Gasteiger partial charge in [0.25, 0.3) is 0 Å². The lowest BCUT2D eigenvalue weighted by Crippen LogP contribution is -2.55. The molecule has 1 nitrogen and oxygen atoms in total. The van der Waals surface area contributed by atoms with Crippen molar-refractivity contribution in [1.82, 2.24) is 0 Å². The molecule has 0 fully saturated rings. The van der Waals surface area contributed by atoms with E-state index in [0.717, 1.165) is 0 Å². The molecule has 0 heterocycles. The van der Waals surface area contributed by atoms with Gasteiger partial charge in [-0.05, 0) is 17.0 Å². The second kappa shape index (κ2) is 3.23. The molecule has 0 unspecified atom stereocenters. The third-order valence-corrected chi connectivity index (χ3v) is 11.1. The van der Waals surface area contributed by atoms with E-state index in [1.54, 1.807) is 6.92 Å². The minimum absolute atomic E-state index is 0.150.